The zero-order valence-corrected chi connectivity index (χ0v) is 21.5. The van der Waals surface area contributed by atoms with Crippen LogP contribution in [0.15, 0.2) is 33.6 Å². The Kier molecular flexibility index (Phi) is 6.88. The van der Waals surface area contributed by atoms with Crippen LogP contribution in [-0.4, -0.2) is 75.9 Å². The van der Waals surface area contributed by atoms with E-state index in [-0.39, 0.29) is 30.3 Å². The van der Waals surface area contributed by atoms with E-state index in [1.165, 1.54) is 0 Å². The minimum Gasteiger partial charge on any atom is -0.381 e. The molecule has 1 aromatic carbocycles. The molecular formula is C20H29BrNO7PS. The van der Waals surface area contributed by atoms with Crippen molar-refractivity contribution in [1.29, 1.82) is 0 Å². The summed E-state index contributed by atoms with van der Waals surface area (Å²) in [6.45, 7) is 6.71. The Morgan fingerprint density at radius 2 is 2.00 bits per heavy atom. The van der Waals surface area contributed by atoms with Crippen LogP contribution in [-0.2, 0) is 33.1 Å². The Morgan fingerprint density at radius 1 is 1.32 bits per heavy atom. The van der Waals surface area contributed by atoms with E-state index in [9.17, 15) is 8.42 Å². The van der Waals surface area contributed by atoms with Gasteiger partial charge < -0.3 is 23.3 Å². The molecule has 3 aliphatic heterocycles. The number of hydrogen-bond donors (Lipinski definition) is 0. The van der Waals surface area contributed by atoms with E-state index in [2.05, 4.69) is 41.4 Å². The summed E-state index contributed by atoms with van der Waals surface area (Å²) in [4.78, 5) is 0.177. The normalized spacial score (nSPS) is 38.4. The largest absolute Gasteiger partial charge is 0.381 e. The van der Waals surface area contributed by atoms with Crippen molar-refractivity contribution in [2.24, 2.45) is 5.92 Å². The van der Waals surface area contributed by atoms with Gasteiger partial charge in [-0.2, -0.15) is 0 Å². The van der Waals surface area contributed by atoms with E-state index < -0.39 is 41.6 Å². The molecule has 31 heavy (non-hydrogen) atoms. The molecule has 4 unspecified atom stereocenters. The number of likely N-dealkylation sites (N-methyl/N-ethyl adjacent to an activating group) is 1. The molecule has 3 heterocycles. The minimum atomic E-state index is -3.81. The fourth-order valence-corrected chi connectivity index (χ4v) is 8.24. The maximum absolute atomic E-state index is 13.4. The van der Waals surface area contributed by atoms with Crippen LogP contribution >= 0.6 is 24.5 Å². The number of ether oxygens (including phenoxy) is 3. The van der Waals surface area contributed by atoms with Crippen LogP contribution in [0.25, 0.3) is 0 Å². The minimum absolute atomic E-state index is 0.0395. The number of methoxy groups -OCH3 is 1. The first kappa shape index (κ1) is 24.0. The summed E-state index contributed by atoms with van der Waals surface area (Å²) in [6.07, 6.45) is -1.34. The smallest absolute Gasteiger partial charge is 0.259 e. The average Bonchev–Trinajstić information content (AvgIpc) is 3.32. The molecule has 2 bridgehead atoms. The number of benzene rings is 1. The van der Waals surface area contributed by atoms with Crippen LogP contribution in [0.2, 0.25) is 0 Å². The number of fused-ring (bicyclic) bond motifs is 2. The first-order valence-electron chi connectivity index (χ1n) is 10.2. The van der Waals surface area contributed by atoms with E-state index >= 15 is 0 Å². The second-order valence-corrected chi connectivity index (χ2v) is 13.1. The van der Waals surface area contributed by atoms with Gasteiger partial charge in [-0.15, -0.1) is 0 Å². The van der Waals surface area contributed by atoms with E-state index in [1.807, 2.05) is 7.05 Å². The average molecular weight is 538 g/mol. The first-order chi connectivity index (χ1) is 14.6. The third-order valence-electron chi connectivity index (χ3n) is 6.19. The molecule has 4 rings (SSSR count). The van der Waals surface area contributed by atoms with Crippen molar-refractivity contribution in [2.75, 3.05) is 27.4 Å². The third kappa shape index (κ3) is 4.13. The maximum Gasteiger partial charge on any atom is 0.259 e. The molecule has 11 heteroatoms. The quantitative estimate of drug-likeness (QED) is 0.489. The predicted octanol–water partition coefficient (Wildman–Crippen LogP) is 3.35. The molecule has 3 fully saturated rings. The van der Waals surface area contributed by atoms with Gasteiger partial charge in [-0.05, 0) is 44.2 Å². The van der Waals surface area contributed by atoms with Gasteiger partial charge in [-0.25, -0.2) is 13.1 Å². The summed E-state index contributed by atoms with van der Waals surface area (Å²) in [7, 11) is -1.67. The highest BCUT2D eigenvalue weighted by molar-refractivity contribution is 9.10. The lowest BCUT2D eigenvalue weighted by molar-refractivity contribution is -0.140. The highest BCUT2D eigenvalue weighted by Crippen LogP contribution is 2.57. The molecule has 8 nitrogen and oxygen atoms in total. The number of hydrogen-bond acceptors (Lipinski definition) is 8. The lowest BCUT2D eigenvalue weighted by Gasteiger charge is -2.31. The van der Waals surface area contributed by atoms with E-state index in [0.717, 1.165) is 4.47 Å². The van der Waals surface area contributed by atoms with E-state index in [0.29, 0.717) is 5.92 Å². The molecule has 7 atom stereocenters. The van der Waals surface area contributed by atoms with Crippen molar-refractivity contribution in [3.8, 4) is 0 Å². The molecule has 1 aromatic rings. The van der Waals surface area contributed by atoms with Gasteiger partial charge >= 0.3 is 0 Å². The highest BCUT2D eigenvalue weighted by atomic mass is 79.9. The Bertz CT molecular complexity index is 901. The molecule has 174 valence electrons. The van der Waals surface area contributed by atoms with Gasteiger partial charge in [0.15, 0.2) is 5.44 Å². The fraction of sp³-hybridized carbons (Fsp3) is 0.700. The van der Waals surface area contributed by atoms with Crippen LogP contribution in [0.4, 0.5) is 0 Å². The van der Waals surface area contributed by atoms with Crippen molar-refractivity contribution in [3.63, 3.8) is 0 Å². The zero-order chi connectivity index (χ0) is 22.6. The molecule has 0 saturated carbocycles. The number of halogens is 1. The topological polar surface area (TPSA) is 83.5 Å². The number of sulfone groups is 1. The molecule has 3 aliphatic rings. The van der Waals surface area contributed by atoms with Crippen LogP contribution in [0, 0.1) is 5.92 Å². The third-order valence-corrected chi connectivity index (χ3v) is 10.3. The SMILES string of the molecule is COC[C@]12COC([C@H]1OP1OC(C(C)C)C(C)N1C)[C@H](S(=O)(=O)c1ccc(Br)cc1)O2. The van der Waals surface area contributed by atoms with E-state index in [4.69, 9.17) is 23.3 Å². The monoisotopic (exact) mass is 537 g/mol. The van der Waals surface area contributed by atoms with Crippen LogP contribution in [0.1, 0.15) is 20.8 Å². The summed E-state index contributed by atoms with van der Waals surface area (Å²) in [5.74, 6) is 0.333. The highest BCUT2D eigenvalue weighted by Gasteiger charge is 2.67. The van der Waals surface area contributed by atoms with Crippen molar-refractivity contribution in [3.05, 3.63) is 28.7 Å². The second-order valence-electron chi connectivity index (χ2n) is 8.65. The van der Waals surface area contributed by atoms with Crippen molar-refractivity contribution in [1.82, 2.24) is 4.67 Å². The van der Waals surface area contributed by atoms with Gasteiger partial charge in [0, 0.05) is 17.6 Å². The molecular weight excluding hydrogens is 509 g/mol. The summed E-state index contributed by atoms with van der Waals surface area (Å²) < 4.78 is 59.8. The van der Waals surface area contributed by atoms with Crippen LogP contribution in [0.5, 0.6) is 0 Å². The molecule has 3 saturated heterocycles. The van der Waals surface area contributed by atoms with Crippen molar-refractivity contribution < 1.29 is 31.7 Å². The summed E-state index contributed by atoms with van der Waals surface area (Å²) in [5, 5.41) is 0. The summed E-state index contributed by atoms with van der Waals surface area (Å²) >= 11 is 3.34. The predicted molar refractivity (Wildman–Crippen MR) is 119 cm³/mol. The number of nitrogens with zero attached hydrogens (tertiary/aromatic N) is 1. The van der Waals surface area contributed by atoms with E-state index in [1.54, 1.807) is 31.4 Å². The molecule has 0 aliphatic carbocycles. The van der Waals surface area contributed by atoms with Gasteiger partial charge in [-0.1, -0.05) is 29.8 Å². The standard InChI is InChI=1S/C20H29BrNO7PS/c1-12(2)16-13(3)22(4)30(28-16)29-18-17-19(27-20(18,10-25-5)11-26-17)31(23,24)15-8-6-14(21)7-9-15/h6-9,12-13,16-19H,10-11H2,1-5H3/t13?,16?,17?,18-,19+,20+,30?/m1/s1. The van der Waals surface area contributed by atoms with Gasteiger partial charge in [0.05, 0.1) is 24.2 Å². The van der Waals surface area contributed by atoms with Gasteiger partial charge in [0.1, 0.15) is 17.8 Å². The van der Waals surface area contributed by atoms with Crippen molar-refractivity contribution in [2.45, 2.75) is 61.1 Å². The maximum atomic E-state index is 13.4. The molecule has 0 amide bonds. The molecule has 0 N–H and O–H groups in total. The Morgan fingerprint density at radius 3 is 2.58 bits per heavy atom. The van der Waals surface area contributed by atoms with Crippen LogP contribution in [0.3, 0.4) is 0 Å². The summed E-state index contributed by atoms with van der Waals surface area (Å²) in [5.41, 5.74) is -2.18. The van der Waals surface area contributed by atoms with Gasteiger partial charge in [0.2, 0.25) is 9.84 Å². The Labute approximate surface area is 193 Å². The summed E-state index contributed by atoms with van der Waals surface area (Å²) in [6, 6.07) is 6.68. The Balaban J connectivity index is 1.61. The van der Waals surface area contributed by atoms with Gasteiger partial charge in [-0.3, -0.25) is 0 Å². The lowest BCUT2D eigenvalue weighted by atomic mass is 10.0. The van der Waals surface area contributed by atoms with Crippen molar-refractivity contribution >= 4 is 34.3 Å². The first-order valence-corrected chi connectivity index (χ1v) is 13.7. The molecule has 0 aromatic heterocycles. The Hall–Kier alpha value is -0.160. The zero-order valence-electron chi connectivity index (χ0n) is 18.2. The van der Waals surface area contributed by atoms with Crippen LogP contribution < -0.4 is 0 Å². The lowest BCUT2D eigenvalue weighted by Crippen LogP contribution is -2.46. The molecule has 0 spiro atoms. The molecule has 0 radical (unpaired) electrons. The second kappa shape index (κ2) is 8.89. The fourth-order valence-electron chi connectivity index (χ4n) is 4.39. The van der Waals surface area contributed by atoms with Gasteiger partial charge in [0.25, 0.3) is 8.53 Å². The number of rotatable bonds is 7.